The van der Waals surface area contributed by atoms with E-state index in [-0.39, 0.29) is 18.1 Å². The molecule has 0 aliphatic carbocycles. The van der Waals surface area contributed by atoms with Gasteiger partial charge in [0.05, 0.1) is 19.6 Å². The standard InChI is InChI=1S/C16H23NO3/c1-12(18)10-14-4-3-9-17(14)16(19)11-13-5-7-15(20-2)8-6-13/h5-8,12,14,18H,3-4,9-11H2,1-2H3. The summed E-state index contributed by atoms with van der Waals surface area (Å²) in [7, 11) is 1.63. The van der Waals surface area contributed by atoms with Gasteiger partial charge in [-0.3, -0.25) is 4.79 Å². The van der Waals surface area contributed by atoms with E-state index < -0.39 is 0 Å². The van der Waals surface area contributed by atoms with Gasteiger partial charge in [-0.05, 0) is 43.9 Å². The molecule has 1 fully saturated rings. The van der Waals surface area contributed by atoms with E-state index in [1.165, 1.54) is 0 Å². The molecule has 4 heteroatoms. The highest BCUT2D eigenvalue weighted by Gasteiger charge is 2.29. The van der Waals surface area contributed by atoms with Crippen molar-refractivity contribution in [1.29, 1.82) is 0 Å². The Labute approximate surface area is 120 Å². The van der Waals surface area contributed by atoms with Crippen molar-refractivity contribution in [2.24, 2.45) is 0 Å². The molecule has 0 radical (unpaired) electrons. The quantitative estimate of drug-likeness (QED) is 0.895. The van der Waals surface area contributed by atoms with Crippen LogP contribution in [0.1, 0.15) is 31.7 Å². The summed E-state index contributed by atoms with van der Waals surface area (Å²) in [5.41, 5.74) is 0.999. The average molecular weight is 277 g/mol. The highest BCUT2D eigenvalue weighted by Crippen LogP contribution is 2.23. The van der Waals surface area contributed by atoms with Crippen LogP contribution in [0.15, 0.2) is 24.3 Å². The first kappa shape index (κ1) is 14.9. The van der Waals surface area contributed by atoms with Crippen LogP contribution in [0, 0.1) is 0 Å². The maximum atomic E-state index is 12.4. The molecule has 110 valence electrons. The lowest BCUT2D eigenvalue weighted by Crippen LogP contribution is -2.38. The largest absolute Gasteiger partial charge is 0.497 e. The number of methoxy groups -OCH3 is 1. The van der Waals surface area contributed by atoms with Crippen LogP contribution < -0.4 is 4.74 Å². The second-order valence-corrected chi connectivity index (χ2v) is 5.49. The summed E-state index contributed by atoms with van der Waals surface area (Å²) in [6.45, 7) is 2.59. The van der Waals surface area contributed by atoms with E-state index in [1.54, 1.807) is 14.0 Å². The summed E-state index contributed by atoms with van der Waals surface area (Å²) in [4.78, 5) is 14.3. The number of rotatable bonds is 5. The van der Waals surface area contributed by atoms with Gasteiger partial charge in [-0.25, -0.2) is 0 Å². The Kier molecular flexibility index (Phi) is 5.01. The third-order valence-corrected chi connectivity index (χ3v) is 3.83. The van der Waals surface area contributed by atoms with Crippen LogP contribution in [0.25, 0.3) is 0 Å². The molecule has 0 bridgehead atoms. The molecular weight excluding hydrogens is 254 g/mol. The lowest BCUT2D eigenvalue weighted by Gasteiger charge is -2.25. The van der Waals surface area contributed by atoms with Gasteiger partial charge in [0.2, 0.25) is 5.91 Å². The molecule has 1 aromatic carbocycles. The number of nitrogens with zero attached hydrogens (tertiary/aromatic N) is 1. The van der Waals surface area contributed by atoms with Crippen LogP contribution in [0.4, 0.5) is 0 Å². The molecule has 2 atom stereocenters. The summed E-state index contributed by atoms with van der Waals surface area (Å²) in [6, 6.07) is 7.80. The minimum Gasteiger partial charge on any atom is -0.497 e. The normalized spacial score (nSPS) is 19.9. The van der Waals surface area contributed by atoms with Gasteiger partial charge in [0, 0.05) is 12.6 Å². The maximum absolute atomic E-state index is 12.4. The first-order valence-electron chi connectivity index (χ1n) is 7.20. The highest BCUT2D eigenvalue weighted by molar-refractivity contribution is 5.79. The SMILES string of the molecule is COc1ccc(CC(=O)N2CCCC2CC(C)O)cc1. The summed E-state index contributed by atoms with van der Waals surface area (Å²) >= 11 is 0. The second-order valence-electron chi connectivity index (χ2n) is 5.49. The van der Waals surface area contributed by atoms with E-state index in [1.807, 2.05) is 29.2 Å². The van der Waals surface area contributed by atoms with Gasteiger partial charge >= 0.3 is 0 Å². The molecule has 0 spiro atoms. The van der Waals surface area contributed by atoms with Crippen molar-refractivity contribution in [1.82, 2.24) is 4.90 Å². The van der Waals surface area contributed by atoms with Gasteiger partial charge in [0.15, 0.2) is 0 Å². The van der Waals surface area contributed by atoms with Gasteiger partial charge < -0.3 is 14.7 Å². The number of ether oxygens (including phenoxy) is 1. The average Bonchev–Trinajstić information content (AvgIpc) is 2.87. The number of aliphatic hydroxyl groups excluding tert-OH is 1. The van der Waals surface area contributed by atoms with Crippen molar-refractivity contribution < 1.29 is 14.6 Å². The fourth-order valence-corrected chi connectivity index (χ4v) is 2.82. The van der Waals surface area contributed by atoms with Crippen molar-refractivity contribution >= 4 is 5.91 Å². The minimum absolute atomic E-state index is 0.151. The molecule has 1 amide bonds. The molecule has 1 aliphatic heterocycles. The van der Waals surface area contributed by atoms with Gasteiger partial charge in [-0.15, -0.1) is 0 Å². The van der Waals surface area contributed by atoms with Gasteiger partial charge in [-0.1, -0.05) is 12.1 Å². The van der Waals surface area contributed by atoms with Crippen molar-refractivity contribution in [3.05, 3.63) is 29.8 Å². The fourth-order valence-electron chi connectivity index (χ4n) is 2.82. The molecular formula is C16H23NO3. The Balaban J connectivity index is 1.96. The Bertz CT molecular complexity index is 442. The van der Waals surface area contributed by atoms with Crippen LogP contribution in [0.2, 0.25) is 0 Å². The number of carbonyl (C=O) groups is 1. The zero-order valence-electron chi connectivity index (χ0n) is 12.2. The molecule has 20 heavy (non-hydrogen) atoms. The van der Waals surface area contributed by atoms with Crippen LogP contribution >= 0.6 is 0 Å². The Morgan fingerprint density at radius 3 is 2.75 bits per heavy atom. The van der Waals surface area contributed by atoms with Crippen molar-refractivity contribution in [3.63, 3.8) is 0 Å². The van der Waals surface area contributed by atoms with Crippen molar-refractivity contribution in [2.45, 2.75) is 44.8 Å². The van der Waals surface area contributed by atoms with Crippen LogP contribution in [-0.4, -0.2) is 41.7 Å². The van der Waals surface area contributed by atoms with Crippen LogP contribution in [0.3, 0.4) is 0 Å². The zero-order valence-corrected chi connectivity index (χ0v) is 12.2. The van der Waals surface area contributed by atoms with E-state index in [0.29, 0.717) is 12.8 Å². The fraction of sp³-hybridized carbons (Fsp3) is 0.562. The molecule has 1 N–H and O–H groups in total. The zero-order chi connectivity index (χ0) is 14.5. The first-order chi connectivity index (χ1) is 9.60. The van der Waals surface area contributed by atoms with Crippen LogP contribution in [-0.2, 0) is 11.2 Å². The third-order valence-electron chi connectivity index (χ3n) is 3.83. The molecule has 1 aromatic rings. The smallest absolute Gasteiger partial charge is 0.227 e. The molecule has 0 aromatic heterocycles. The predicted molar refractivity (Wildman–Crippen MR) is 77.7 cm³/mol. The van der Waals surface area contributed by atoms with E-state index in [0.717, 1.165) is 30.7 Å². The van der Waals surface area contributed by atoms with Gasteiger partial charge in [0.25, 0.3) is 0 Å². The molecule has 1 heterocycles. The Morgan fingerprint density at radius 1 is 1.45 bits per heavy atom. The van der Waals surface area contributed by atoms with Crippen molar-refractivity contribution in [3.8, 4) is 5.75 Å². The number of hydrogen-bond donors (Lipinski definition) is 1. The summed E-state index contributed by atoms with van der Waals surface area (Å²) < 4.78 is 5.11. The van der Waals surface area contributed by atoms with E-state index in [4.69, 9.17) is 4.74 Å². The van der Waals surface area contributed by atoms with Crippen molar-refractivity contribution in [2.75, 3.05) is 13.7 Å². The monoisotopic (exact) mass is 277 g/mol. The molecule has 0 saturated carbocycles. The Morgan fingerprint density at radius 2 is 2.15 bits per heavy atom. The second kappa shape index (κ2) is 6.75. The summed E-state index contributed by atoms with van der Waals surface area (Å²) in [5.74, 6) is 0.952. The number of carbonyl (C=O) groups excluding carboxylic acids is 1. The minimum atomic E-state index is -0.352. The number of likely N-dealkylation sites (tertiary alicyclic amines) is 1. The van der Waals surface area contributed by atoms with E-state index >= 15 is 0 Å². The number of hydrogen-bond acceptors (Lipinski definition) is 3. The third kappa shape index (κ3) is 3.73. The lowest BCUT2D eigenvalue weighted by molar-refractivity contribution is -0.131. The molecule has 2 unspecified atom stereocenters. The predicted octanol–water partition coefficient (Wildman–Crippen LogP) is 2.00. The van der Waals surface area contributed by atoms with Gasteiger partial charge in [-0.2, -0.15) is 0 Å². The number of amides is 1. The first-order valence-corrected chi connectivity index (χ1v) is 7.20. The Hall–Kier alpha value is -1.55. The molecule has 1 saturated heterocycles. The number of aliphatic hydroxyl groups is 1. The molecule has 2 rings (SSSR count). The van der Waals surface area contributed by atoms with E-state index in [2.05, 4.69) is 0 Å². The summed E-state index contributed by atoms with van der Waals surface area (Å²) in [5, 5.41) is 9.51. The van der Waals surface area contributed by atoms with Gasteiger partial charge in [0.1, 0.15) is 5.75 Å². The molecule has 4 nitrogen and oxygen atoms in total. The topological polar surface area (TPSA) is 49.8 Å². The lowest BCUT2D eigenvalue weighted by atomic mass is 10.1. The highest BCUT2D eigenvalue weighted by atomic mass is 16.5. The maximum Gasteiger partial charge on any atom is 0.227 e. The number of benzene rings is 1. The van der Waals surface area contributed by atoms with Crippen LogP contribution in [0.5, 0.6) is 5.75 Å². The summed E-state index contributed by atoms with van der Waals surface area (Å²) in [6.07, 6.45) is 2.77. The molecule has 1 aliphatic rings. The van der Waals surface area contributed by atoms with E-state index in [9.17, 15) is 9.90 Å².